The van der Waals surface area contributed by atoms with Crippen LogP contribution in [0.25, 0.3) is 0 Å². The Labute approximate surface area is 118 Å². The molecule has 2 atom stereocenters. The second-order valence-electron chi connectivity index (χ2n) is 5.51. The Morgan fingerprint density at radius 2 is 2.20 bits per heavy atom. The Morgan fingerprint density at radius 1 is 1.40 bits per heavy atom. The van der Waals surface area contributed by atoms with E-state index in [1.165, 1.54) is 6.07 Å². The lowest BCUT2D eigenvalue weighted by Gasteiger charge is -2.31. The van der Waals surface area contributed by atoms with Crippen molar-refractivity contribution >= 4 is 0 Å². The molecule has 1 aromatic carbocycles. The van der Waals surface area contributed by atoms with Crippen LogP contribution >= 0.6 is 0 Å². The van der Waals surface area contributed by atoms with Gasteiger partial charge in [-0.15, -0.1) is 0 Å². The molecule has 1 aromatic rings. The number of halogens is 2. The van der Waals surface area contributed by atoms with Gasteiger partial charge in [0.15, 0.2) is 0 Å². The Kier molecular flexibility index (Phi) is 5.31. The van der Waals surface area contributed by atoms with Crippen LogP contribution in [0, 0.1) is 5.92 Å². The predicted molar refractivity (Wildman–Crippen MR) is 73.0 cm³/mol. The van der Waals surface area contributed by atoms with Gasteiger partial charge in [-0.2, -0.15) is 8.78 Å². The molecule has 1 saturated heterocycles. The fourth-order valence-corrected chi connectivity index (χ4v) is 2.45. The van der Waals surface area contributed by atoms with Crippen molar-refractivity contribution < 1.29 is 18.3 Å². The number of hydrogen-bond donors (Lipinski definition) is 1. The van der Waals surface area contributed by atoms with Gasteiger partial charge in [0.2, 0.25) is 0 Å². The number of alkyl halides is 2. The maximum Gasteiger partial charge on any atom is 0.387 e. The van der Waals surface area contributed by atoms with Crippen LogP contribution < -0.4 is 10.1 Å². The Balaban J connectivity index is 1.93. The third kappa shape index (κ3) is 4.42. The summed E-state index contributed by atoms with van der Waals surface area (Å²) in [6.07, 6.45) is 0.959. The minimum Gasteiger partial charge on any atom is -0.435 e. The van der Waals surface area contributed by atoms with Crippen molar-refractivity contribution in [2.75, 3.05) is 13.2 Å². The SMILES string of the molecule is CC(C)CC1COC(c2cccc(OC(F)F)c2)CN1. The molecule has 0 radical (unpaired) electrons. The Hall–Kier alpha value is -1.20. The van der Waals surface area contributed by atoms with Crippen molar-refractivity contribution in [2.45, 2.75) is 39.0 Å². The number of morpholine rings is 1. The molecule has 2 unspecified atom stereocenters. The molecule has 20 heavy (non-hydrogen) atoms. The highest BCUT2D eigenvalue weighted by Gasteiger charge is 2.23. The lowest BCUT2D eigenvalue weighted by atomic mass is 10.0. The highest BCUT2D eigenvalue weighted by Crippen LogP contribution is 2.25. The minimum atomic E-state index is -2.80. The topological polar surface area (TPSA) is 30.5 Å². The van der Waals surface area contributed by atoms with E-state index in [1.54, 1.807) is 12.1 Å². The molecule has 5 heteroatoms. The second kappa shape index (κ2) is 6.99. The maximum absolute atomic E-state index is 12.2. The first-order valence-corrected chi connectivity index (χ1v) is 6.94. The summed E-state index contributed by atoms with van der Waals surface area (Å²) in [5.74, 6) is 0.792. The van der Waals surface area contributed by atoms with Crippen LogP contribution in [-0.2, 0) is 4.74 Å². The van der Waals surface area contributed by atoms with Gasteiger partial charge in [-0.05, 0) is 30.0 Å². The zero-order chi connectivity index (χ0) is 14.5. The molecule has 0 aromatic heterocycles. The fraction of sp³-hybridized carbons (Fsp3) is 0.600. The van der Waals surface area contributed by atoms with Crippen LogP contribution in [0.15, 0.2) is 24.3 Å². The van der Waals surface area contributed by atoms with Gasteiger partial charge in [0, 0.05) is 12.6 Å². The summed E-state index contributed by atoms with van der Waals surface area (Å²) in [5, 5.41) is 3.45. The first-order chi connectivity index (χ1) is 9.54. The van der Waals surface area contributed by atoms with Gasteiger partial charge >= 0.3 is 6.61 Å². The molecule has 3 nitrogen and oxygen atoms in total. The predicted octanol–water partition coefficient (Wildman–Crippen LogP) is 3.36. The van der Waals surface area contributed by atoms with Crippen molar-refractivity contribution in [2.24, 2.45) is 5.92 Å². The molecule has 2 rings (SSSR count). The van der Waals surface area contributed by atoms with Gasteiger partial charge in [0.1, 0.15) is 5.75 Å². The van der Waals surface area contributed by atoms with E-state index in [0.717, 1.165) is 12.0 Å². The molecule has 112 valence electrons. The summed E-state index contributed by atoms with van der Waals surface area (Å²) < 4.78 is 34.6. The van der Waals surface area contributed by atoms with Crippen LogP contribution in [0.4, 0.5) is 8.78 Å². The number of nitrogens with one attached hydrogen (secondary N) is 1. The average Bonchev–Trinajstić information content (AvgIpc) is 2.38. The molecular weight excluding hydrogens is 264 g/mol. The first kappa shape index (κ1) is 15.2. The van der Waals surface area contributed by atoms with Crippen LogP contribution in [0.5, 0.6) is 5.75 Å². The molecule has 1 N–H and O–H groups in total. The Bertz CT molecular complexity index is 418. The number of rotatable bonds is 5. The first-order valence-electron chi connectivity index (χ1n) is 6.94. The molecule has 1 heterocycles. The third-order valence-corrected chi connectivity index (χ3v) is 3.30. The second-order valence-corrected chi connectivity index (χ2v) is 5.51. The van der Waals surface area contributed by atoms with Gasteiger partial charge in [-0.25, -0.2) is 0 Å². The molecule has 0 spiro atoms. The maximum atomic E-state index is 12.2. The zero-order valence-corrected chi connectivity index (χ0v) is 11.8. The van der Waals surface area contributed by atoms with E-state index in [0.29, 0.717) is 25.1 Å². The lowest BCUT2D eigenvalue weighted by Crippen LogP contribution is -2.43. The molecule has 0 saturated carbocycles. The molecule has 0 amide bonds. The Morgan fingerprint density at radius 3 is 2.80 bits per heavy atom. The van der Waals surface area contributed by atoms with Gasteiger partial charge in [-0.1, -0.05) is 26.0 Å². The number of benzene rings is 1. The van der Waals surface area contributed by atoms with E-state index < -0.39 is 6.61 Å². The molecule has 0 aliphatic carbocycles. The van der Waals surface area contributed by atoms with Crippen LogP contribution in [0.1, 0.15) is 31.9 Å². The summed E-state index contributed by atoms with van der Waals surface area (Å²) in [7, 11) is 0. The van der Waals surface area contributed by atoms with Crippen molar-refractivity contribution in [3.05, 3.63) is 29.8 Å². The van der Waals surface area contributed by atoms with Crippen LogP contribution in [0.2, 0.25) is 0 Å². The molecule has 1 fully saturated rings. The van der Waals surface area contributed by atoms with E-state index in [2.05, 4.69) is 23.9 Å². The van der Waals surface area contributed by atoms with Gasteiger partial charge in [0.05, 0.1) is 12.7 Å². The summed E-state index contributed by atoms with van der Waals surface area (Å²) in [6, 6.07) is 7.07. The standard InChI is InChI=1S/C15H21F2NO2/c1-10(2)6-12-9-19-14(8-18-12)11-4-3-5-13(7-11)20-15(16)17/h3-5,7,10,12,14-15,18H,6,8-9H2,1-2H3. The largest absolute Gasteiger partial charge is 0.435 e. The van der Waals surface area contributed by atoms with Crippen molar-refractivity contribution in [1.82, 2.24) is 5.32 Å². The minimum absolute atomic E-state index is 0.111. The fourth-order valence-electron chi connectivity index (χ4n) is 2.45. The van der Waals surface area contributed by atoms with Crippen molar-refractivity contribution in [1.29, 1.82) is 0 Å². The van der Waals surface area contributed by atoms with Gasteiger partial charge < -0.3 is 14.8 Å². The van der Waals surface area contributed by atoms with E-state index in [-0.39, 0.29) is 11.9 Å². The molecule has 0 bridgehead atoms. The summed E-state index contributed by atoms with van der Waals surface area (Å²) in [6.45, 7) is 2.89. The lowest BCUT2D eigenvalue weighted by molar-refractivity contribution is -0.0502. The van der Waals surface area contributed by atoms with E-state index >= 15 is 0 Å². The van der Waals surface area contributed by atoms with E-state index in [9.17, 15) is 8.78 Å². The third-order valence-electron chi connectivity index (χ3n) is 3.30. The van der Waals surface area contributed by atoms with Crippen molar-refractivity contribution in [3.63, 3.8) is 0 Å². The summed E-state index contributed by atoms with van der Waals surface area (Å²) >= 11 is 0. The smallest absolute Gasteiger partial charge is 0.387 e. The quantitative estimate of drug-likeness (QED) is 0.900. The summed E-state index contributed by atoms with van der Waals surface area (Å²) in [4.78, 5) is 0. The highest BCUT2D eigenvalue weighted by molar-refractivity contribution is 5.30. The van der Waals surface area contributed by atoms with E-state index in [1.807, 2.05) is 6.07 Å². The molecular formula is C15H21F2NO2. The summed E-state index contributed by atoms with van der Waals surface area (Å²) in [5.41, 5.74) is 0.860. The van der Waals surface area contributed by atoms with Crippen LogP contribution in [-0.4, -0.2) is 25.8 Å². The van der Waals surface area contributed by atoms with E-state index in [4.69, 9.17) is 4.74 Å². The van der Waals surface area contributed by atoms with Crippen LogP contribution in [0.3, 0.4) is 0 Å². The normalized spacial score (nSPS) is 23.3. The van der Waals surface area contributed by atoms with Gasteiger partial charge in [0.25, 0.3) is 0 Å². The molecule has 1 aliphatic heterocycles. The number of ether oxygens (including phenoxy) is 2. The highest BCUT2D eigenvalue weighted by atomic mass is 19.3. The zero-order valence-electron chi connectivity index (χ0n) is 11.8. The molecule has 1 aliphatic rings. The monoisotopic (exact) mass is 285 g/mol. The van der Waals surface area contributed by atoms with Gasteiger partial charge in [-0.3, -0.25) is 0 Å². The number of hydrogen-bond acceptors (Lipinski definition) is 3. The van der Waals surface area contributed by atoms with Crippen molar-refractivity contribution in [3.8, 4) is 5.75 Å². The average molecular weight is 285 g/mol.